The van der Waals surface area contributed by atoms with E-state index >= 15 is 0 Å². The van der Waals surface area contributed by atoms with Crippen LogP contribution in [0.3, 0.4) is 0 Å². The van der Waals surface area contributed by atoms with Gasteiger partial charge in [0.1, 0.15) is 0 Å². The van der Waals surface area contributed by atoms with Crippen LogP contribution in [0.1, 0.15) is 106 Å². The van der Waals surface area contributed by atoms with Crippen LogP contribution >= 0.6 is 0 Å². The fraction of sp³-hybridized carbons (Fsp3) is 0.600. The van der Waals surface area contributed by atoms with Crippen LogP contribution in [0.15, 0.2) is 24.3 Å². The molecule has 12 heteroatoms. The van der Waals surface area contributed by atoms with Gasteiger partial charge < -0.3 is 20.4 Å². The standard InChI is InChI=1S/C40H50N6O6/c1-43-13-3-11-41-37(51)39-20-25-19-26(21-39)23-40(22-25,24-39)38(52)42-12-4-14-44(2)16-6-18-46-35(49)29-9-7-27-31-28(8-10-30(32(29)31)36(46)50)34(48)45(33(27)47)17-5-15-43/h7-10,25-26H,3-6,11-24H2,1-2H3,(H,41,51)(H,42,52). The highest BCUT2D eigenvalue weighted by Gasteiger charge is 2.63. The van der Waals surface area contributed by atoms with Crippen LogP contribution in [0.25, 0.3) is 10.8 Å². The Morgan fingerprint density at radius 2 is 0.865 bits per heavy atom. The largest absolute Gasteiger partial charge is 0.356 e. The van der Waals surface area contributed by atoms with Crippen molar-refractivity contribution in [3.8, 4) is 0 Å². The minimum absolute atomic E-state index is 0.106. The molecule has 12 nitrogen and oxygen atoms in total. The van der Waals surface area contributed by atoms with Gasteiger partial charge in [0.25, 0.3) is 23.6 Å². The van der Waals surface area contributed by atoms with Crippen molar-refractivity contribution in [1.29, 1.82) is 0 Å². The Bertz CT molecular complexity index is 1660. The van der Waals surface area contributed by atoms with Crippen molar-refractivity contribution in [1.82, 2.24) is 30.2 Å². The molecule has 4 saturated carbocycles. The third-order valence-corrected chi connectivity index (χ3v) is 12.9. The first-order valence-electron chi connectivity index (χ1n) is 19.3. The number of imide groups is 2. The number of nitrogens with one attached hydrogen (secondary N) is 2. The van der Waals surface area contributed by atoms with E-state index < -0.39 is 34.5 Å². The number of amides is 6. The normalized spacial score (nSPS) is 31.1. The third kappa shape index (κ3) is 5.82. The summed E-state index contributed by atoms with van der Waals surface area (Å²) in [6, 6.07) is 6.47. The van der Waals surface area contributed by atoms with E-state index in [2.05, 4.69) is 20.4 Å². The summed E-state index contributed by atoms with van der Waals surface area (Å²) in [5.41, 5.74) is 0.402. The first-order chi connectivity index (χ1) is 25.0. The molecule has 52 heavy (non-hydrogen) atoms. The smallest absolute Gasteiger partial charge is 0.261 e. The molecule has 0 radical (unpaired) electrons. The Morgan fingerprint density at radius 3 is 1.23 bits per heavy atom. The van der Waals surface area contributed by atoms with Crippen molar-refractivity contribution in [2.75, 3.05) is 66.5 Å². The van der Waals surface area contributed by atoms with Gasteiger partial charge in [0.2, 0.25) is 11.8 Å². The summed E-state index contributed by atoms with van der Waals surface area (Å²) in [6.07, 6.45) is 7.93. The maximum absolute atomic E-state index is 13.8. The molecule has 0 aromatic heterocycles. The summed E-state index contributed by atoms with van der Waals surface area (Å²) >= 11 is 0. The molecule has 0 atom stereocenters. The predicted molar refractivity (Wildman–Crippen MR) is 194 cm³/mol. The van der Waals surface area contributed by atoms with Crippen molar-refractivity contribution >= 4 is 46.2 Å². The number of carbonyl (C=O) groups excluding carboxylic acids is 6. The Labute approximate surface area is 304 Å². The van der Waals surface area contributed by atoms with Gasteiger partial charge in [-0.2, -0.15) is 0 Å². The lowest BCUT2D eigenvalue weighted by Crippen LogP contribution is -2.61. The highest BCUT2D eigenvalue weighted by Crippen LogP contribution is 2.65. The van der Waals surface area contributed by atoms with Gasteiger partial charge in [0.15, 0.2) is 0 Å². The molecule has 10 aliphatic rings. The summed E-state index contributed by atoms with van der Waals surface area (Å²) in [7, 11) is 3.99. The molecule has 276 valence electrons. The van der Waals surface area contributed by atoms with E-state index in [1.165, 1.54) is 9.80 Å². The maximum Gasteiger partial charge on any atom is 0.261 e. The molecule has 6 aliphatic heterocycles. The molecular weight excluding hydrogens is 660 g/mol. The fourth-order valence-electron chi connectivity index (χ4n) is 10.9. The number of fused-ring (bicyclic) bond motifs is 2. The summed E-state index contributed by atoms with van der Waals surface area (Å²) in [6.45, 7) is 4.40. The van der Waals surface area contributed by atoms with Crippen LogP contribution in [0.4, 0.5) is 0 Å². The highest BCUT2D eigenvalue weighted by atomic mass is 16.2. The molecule has 2 spiro atoms. The van der Waals surface area contributed by atoms with E-state index in [1.807, 2.05) is 14.1 Å². The van der Waals surface area contributed by atoms with E-state index in [9.17, 15) is 28.8 Å². The van der Waals surface area contributed by atoms with Crippen molar-refractivity contribution in [2.24, 2.45) is 22.7 Å². The lowest BCUT2D eigenvalue weighted by atomic mass is 9.43. The van der Waals surface area contributed by atoms with Gasteiger partial charge in [-0.05, 0) is 141 Å². The van der Waals surface area contributed by atoms with E-state index in [0.717, 1.165) is 58.0 Å². The molecule has 2 aromatic carbocycles. The average Bonchev–Trinajstić information content (AvgIpc) is 3.11. The monoisotopic (exact) mass is 710 g/mol. The zero-order valence-corrected chi connectivity index (χ0v) is 30.4. The van der Waals surface area contributed by atoms with Crippen LogP contribution in [0.5, 0.6) is 0 Å². The summed E-state index contributed by atoms with van der Waals surface area (Å²) in [4.78, 5) is 89.3. The topological polar surface area (TPSA) is 139 Å². The van der Waals surface area contributed by atoms with Gasteiger partial charge in [-0.3, -0.25) is 38.6 Å². The first-order valence-corrected chi connectivity index (χ1v) is 19.3. The van der Waals surface area contributed by atoms with Crippen molar-refractivity contribution < 1.29 is 28.8 Å². The molecule has 0 saturated heterocycles. The zero-order valence-electron chi connectivity index (χ0n) is 30.4. The van der Waals surface area contributed by atoms with Gasteiger partial charge in [0.05, 0.1) is 10.8 Å². The van der Waals surface area contributed by atoms with Crippen LogP contribution in [0, 0.1) is 22.7 Å². The maximum atomic E-state index is 13.8. The number of benzene rings is 2. The van der Waals surface area contributed by atoms with Crippen LogP contribution < -0.4 is 10.6 Å². The molecule has 12 bridgehead atoms. The zero-order chi connectivity index (χ0) is 36.4. The molecular formula is C40H50N6O6. The summed E-state index contributed by atoms with van der Waals surface area (Å²) < 4.78 is 0. The van der Waals surface area contributed by atoms with Crippen LogP contribution in [0.2, 0.25) is 0 Å². The molecule has 0 unspecified atom stereocenters. The average molecular weight is 711 g/mol. The Morgan fingerprint density at radius 1 is 0.519 bits per heavy atom. The molecule has 2 aromatic rings. The SMILES string of the molecule is CN1CCCNC(=O)C23CC4CC(C2)CC(C4)(C3)C(=O)NCCCN(C)CCCN2C(=O)c3ccc4c5c(ccc(c35)C2=O)C(=O)N(CCC1)C4=O. The summed E-state index contributed by atoms with van der Waals surface area (Å²) in [5, 5.41) is 7.27. The second kappa shape index (κ2) is 13.4. The quantitative estimate of drug-likeness (QED) is 0.398. The Kier molecular flexibility index (Phi) is 8.97. The molecule has 12 rings (SSSR count). The van der Waals surface area contributed by atoms with Crippen molar-refractivity contribution in [3.63, 3.8) is 0 Å². The minimum atomic E-state index is -0.466. The van der Waals surface area contributed by atoms with E-state index in [1.54, 1.807) is 24.3 Å². The number of hydrogen-bond donors (Lipinski definition) is 2. The fourth-order valence-corrected chi connectivity index (χ4v) is 10.9. The van der Waals surface area contributed by atoms with E-state index in [4.69, 9.17) is 0 Å². The van der Waals surface area contributed by atoms with Crippen LogP contribution in [-0.4, -0.2) is 121 Å². The molecule has 6 amide bonds. The van der Waals surface area contributed by atoms with Gasteiger partial charge in [-0.25, -0.2) is 0 Å². The lowest BCUT2D eigenvalue weighted by Gasteiger charge is -2.60. The van der Waals surface area contributed by atoms with Crippen LogP contribution in [-0.2, 0) is 9.59 Å². The number of nitrogens with zero attached hydrogens (tertiary/aromatic N) is 4. The van der Waals surface area contributed by atoms with E-state index in [0.29, 0.717) is 90.3 Å². The second-order valence-corrected chi connectivity index (χ2v) is 16.6. The van der Waals surface area contributed by atoms with Crippen molar-refractivity contribution in [3.05, 3.63) is 46.5 Å². The number of hydrogen-bond acceptors (Lipinski definition) is 8. The Hall–Kier alpha value is -4.16. The van der Waals surface area contributed by atoms with Gasteiger partial charge in [0, 0.05) is 59.2 Å². The number of carbonyl (C=O) groups is 6. The first kappa shape index (κ1) is 34.9. The highest BCUT2D eigenvalue weighted by molar-refractivity contribution is 6.33. The minimum Gasteiger partial charge on any atom is -0.356 e. The van der Waals surface area contributed by atoms with Gasteiger partial charge in [-0.1, -0.05) is 0 Å². The molecule has 4 aliphatic carbocycles. The molecule has 6 heterocycles. The third-order valence-electron chi connectivity index (χ3n) is 12.9. The molecule has 4 fully saturated rings. The van der Waals surface area contributed by atoms with Gasteiger partial charge in [-0.15, -0.1) is 0 Å². The van der Waals surface area contributed by atoms with Gasteiger partial charge >= 0.3 is 0 Å². The summed E-state index contributed by atoms with van der Waals surface area (Å²) in [5.74, 6) is -0.612. The molecule has 2 N–H and O–H groups in total. The lowest BCUT2D eigenvalue weighted by molar-refractivity contribution is -0.167. The van der Waals surface area contributed by atoms with E-state index in [-0.39, 0.29) is 24.9 Å². The predicted octanol–water partition coefficient (Wildman–Crippen LogP) is 3.29. The number of rotatable bonds is 0. The van der Waals surface area contributed by atoms with Crippen molar-refractivity contribution in [2.45, 2.75) is 64.2 Å². The second-order valence-electron chi connectivity index (χ2n) is 16.6. The Balaban J connectivity index is 1.00.